The number of aryl methyl sites for hydroxylation is 2. The number of hydrogen-bond donors (Lipinski definition) is 1. The molecule has 0 unspecified atom stereocenters. The zero-order valence-electron chi connectivity index (χ0n) is 17.8. The first kappa shape index (κ1) is 18.8. The zero-order valence-corrected chi connectivity index (χ0v) is 17.8. The molecule has 156 valence electrons. The number of carbonyl (C=O) groups excluding carboxylic acids is 1. The molecule has 0 spiro atoms. The molecular formula is C22H26N6O2. The molecule has 1 amide bonds. The summed E-state index contributed by atoms with van der Waals surface area (Å²) in [5, 5.41) is 8.72. The molecule has 5 rings (SSSR count). The third-order valence-electron chi connectivity index (χ3n) is 6.09. The quantitative estimate of drug-likeness (QED) is 0.711. The van der Waals surface area contributed by atoms with Crippen LogP contribution in [-0.2, 0) is 11.8 Å². The van der Waals surface area contributed by atoms with E-state index in [9.17, 15) is 4.79 Å². The molecule has 0 saturated heterocycles. The first-order valence-electron chi connectivity index (χ1n) is 10.4. The smallest absolute Gasteiger partial charge is 0.272 e. The Hall–Kier alpha value is -3.16. The number of nitrogens with one attached hydrogen (secondary N) is 1. The minimum Gasteiger partial charge on any atom is -0.472 e. The van der Waals surface area contributed by atoms with E-state index in [1.165, 1.54) is 0 Å². The number of aromatic nitrogens is 4. The van der Waals surface area contributed by atoms with Gasteiger partial charge in [0, 0.05) is 24.2 Å². The fraction of sp³-hybridized carbons (Fsp3) is 0.455. The summed E-state index contributed by atoms with van der Waals surface area (Å²) in [4.78, 5) is 24.2. The minimum absolute atomic E-state index is 0.0426. The van der Waals surface area contributed by atoms with Gasteiger partial charge in [-0.05, 0) is 51.3 Å². The van der Waals surface area contributed by atoms with Crippen molar-refractivity contribution in [1.82, 2.24) is 19.7 Å². The van der Waals surface area contributed by atoms with E-state index in [1.807, 2.05) is 35.8 Å². The molecule has 0 bridgehead atoms. The normalized spacial score (nSPS) is 18.5. The summed E-state index contributed by atoms with van der Waals surface area (Å²) in [6, 6.07) is 4.29. The van der Waals surface area contributed by atoms with E-state index in [1.54, 1.807) is 20.0 Å². The maximum Gasteiger partial charge on any atom is 0.272 e. The summed E-state index contributed by atoms with van der Waals surface area (Å²) >= 11 is 0. The van der Waals surface area contributed by atoms with Crippen LogP contribution in [0.1, 0.15) is 45.1 Å². The van der Waals surface area contributed by atoms with Crippen molar-refractivity contribution in [3.63, 3.8) is 0 Å². The topological polar surface area (TPSA) is 85.2 Å². The van der Waals surface area contributed by atoms with Gasteiger partial charge in [-0.25, -0.2) is 4.98 Å². The highest BCUT2D eigenvalue weighted by atomic mass is 16.5. The molecule has 3 aromatic rings. The number of anilines is 3. The fourth-order valence-corrected chi connectivity index (χ4v) is 4.44. The van der Waals surface area contributed by atoms with Crippen LogP contribution in [0.2, 0.25) is 0 Å². The number of benzene rings is 1. The predicted molar refractivity (Wildman–Crippen MR) is 115 cm³/mol. The molecule has 1 aliphatic carbocycles. The van der Waals surface area contributed by atoms with Crippen molar-refractivity contribution in [1.29, 1.82) is 0 Å². The lowest BCUT2D eigenvalue weighted by molar-refractivity contribution is -0.133. The summed E-state index contributed by atoms with van der Waals surface area (Å²) < 4.78 is 7.80. The van der Waals surface area contributed by atoms with E-state index in [0.29, 0.717) is 17.5 Å². The summed E-state index contributed by atoms with van der Waals surface area (Å²) in [5.41, 5.74) is 2.07. The first-order valence-corrected chi connectivity index (χ1v) is 10.4. The predicted octanol–water partition coefficient (Wildman–Crippen LogP) is 3.86. The van der Waals surface area contributed by atoms with Gasteiger partial charge in [-0.2, -0.15) is 10.1 Å². The third-order valence-corrected chi connectivity index (χ3v) is 6.09. The Morgan fingerprint density at radius 2 is 1.97 bits per heavy atom. The Bertz CT molecular complexity index is 1150. The first-order chi connectivity index (χ1) is 14.3. The largest absolute Gasteiger partial charge is 0.472 e. The van der Waals surface area contributed by atoms with Gasteiger partial charge >= 0.3 is 0 Å². The Kier molecular flexibility index (Phi) is 4.20. The van der Waals surface area contributed by atoms with Gasteiger partial charge in [0.25, 0.3) is 5.91 Å². The van der Waals surface area contributed by atoms with Crippen LogP contribution in [0.3, 0.4) is 0 Å². The fourth-order valence-electron chi connectivity index (χ4n) is 4.44. The second-order valence-electron chi connectivity index (χ2n) is 8.73. The molecule has 3 heterocycles. The maximum absolute atomic E-state index is 13.2. The molecule has 1 aromatic carbocycles. The summed E-state index contributed by atoms with van der Waals surface area (Å²) in [7, 11) is 1.92. The number of ether oxygens (including phenoxy) is 1. The highest BCUT2D eigenvalue weighted by Crippen LogP contribution is 2.40. The van der Waals surface area contributed by atoms with E-state index in [-0.39, 0.29) is 11.9 Å². The van der Waals surface area contributed by atoms with Crippen LogP contribution in [0.4, 0.5) is 17.5 Å². The second-order valence-corrected chi connectivity index (χ2v) is 8.73. The number of rotatable bonds is 3. The van der Waals surface area contributed by atoms with Crippen LogP contribution < -0.4 is 15.0 Å². The highest BCUT2D eigenvalue weighted by molar-refractivity contribution is 6.02. The number of carbonyl (C=O) groups is 1. The summed E-state index contributed by atoms with van der Waals surface area (Å²) in [6.45, 7) is 5.64. The number of nitrogens with zero attached hydrogens (tertiary/aromatic N) is 5. The average Bonchev–Trinajstić information content (AvgIpc) is 3.34. The van der Waals surface area contributed by atoms with Crippen LogP contribution >= 0.6 is 0 Å². The number of amides is 1. The van der Waals surface area contributed by atoms with Crippen molar-refractivity contribution in [2.24, 2.45) is 7.05 Å². The molecule has 1 N–H and O–H groups in total. The summed E-state index contributed by atoms with van der Waals surface area (Å²) in [6.07, 6.45) is 7.76. The lowest BCUT2D eigenvalue weighted by atomic mass is 10.0. The van der Waals surface area contributed by atoms with E-state index in [4.69, 9.17) is 9.72 Å². The Morgan fingerprint density at radius 3 is 2.73 bits per heavy atom. The Morgan fingerprint density at radius 1 is 1.20 bits per heavy atom. The van der Waals surface area contributed by atoms with Crippen molar-refractivity contribution < 1.29 is 9.53 Å². The molecule has 0 atom stereocenters. The van der Waals surface area contributed by atoms with Gasteiger partial charge in [-0.1, -0.05) is 12.8 Å². The van der Waals surface area contributed by atoms with Crippen LogP contribution in [0, 0.1) is 6.92 Å². The minimum atomic E-state index is -0.922. The second kappa shape index (κ2) is 6.68. The molecule has 0 radical (unpaired) electrons. The van der Waals surface area contributed by atoms with Crippen molar-refractivity contribution in [2.75, 3.05) is 10.2 Å². The molecule has 8 heteroatoms. The molecule has 2 aromatic heterocycles. The molecule has 1 fully saturated rings. The summed E-state index contributed by atoms with van der Waals surface area (Å²) in [5.74, 6) is 1.51. The monoisotopic (exact) mass is 406 g/mol. The van der Waals surface area contributed by atoms with E-state index in [2.05, 4.69) is 21.5 Å². The average molecular weight is 406 g/mol. The maximum atomic E-state index is 13.2. The van der Waals surface area contributed by atoms with Crippen LogP contribution in [0.15, 0.2) is 24.5 Å². The van der Waals surface area contributed by atoms with E-state index >= 15 is 0 Å². The van der Waals surface area contributed by atoms with Crippen LogP contribution in [0.5, 0.6) is 5.75 Å². The van der Waals surface area contributed by atoms with Gasteiger partial charge in [0.2, 0.25) is 5.95 Å². The molecule has 2 aliphatic rings. The van der Waals surface area contributed by atoms with Gasteiger partial charge in [-0.3, -0.25) is 14.4 Å². The number of hydrogen-bond acceptors (Lipinski definition) is 6. The van der Waals surface area contributed by atoms with E-state index in [0.717, 1.165) is 47.8 Å². The van der Waals surface area contributed by atoms with Gasteiger partial charge in [0.05, 0.1) is 17.9 Å². The lowest BCUT2D eigenvalue weighted by Crippen LogP contribution is -2.55. The Labute approximate surface area is 175 Å². The molecule has 30 heavy (non-hydrogen) atoms. The van der Waals surface area contributed by atoms with Crippen molar-refractivity contribution in [3.05, 3.63) is 30.1 Å². The third kappa shape index (κ3) is 2.98. The zero-order chi connectivity index (χ0) is 21.0. The molecule has 1 aliphatic heterocycles. The van der Waals surface area contributed by atoms with Crippen molar-refractivity contribution in [2.45, 2.75) is 58.1 Å². The molecular weight excluding hydrogens is 380 g/mol. The van der Waals surface area contributed by atoms with Crippen molar-refractivity contribution >= 4 is 34.3 Å². The molecule has 8 nitrogen and oxygen atoms in total. The lowest BCUT2D eigenvalue weighted by Gasteiger charge is -2.40. The Balaban J connectivity index is 1.54. The van der Waals surface area contributed by atoms with Gasteiger partial charge in [0.15, 0.2) is 17.2 Å². The van der Waals surface area contributed by atoms with Gasteiger partial charge in [0.1, 0.15) is 0 Å². The highest BCUT2D eigenvalue weighted by Gasteiger charge is 2.45. The standard InChI is InChI=1S/C22H26N6O2/c1-13-9-14-11-24-27(4)17(14)10-16(13)25-21-23-12-18-19(26-21)28(15-7-5-6-8-15)20(29)22(2,3)30-18/h9-12,15H,5-8H2,1-4H3,(H,23,25,26). The van der Waals surface area contributed by atoms with Crippen molar-refractivity contribution in [3.8, 4) is 5.75 Å². The SMILES string of the molecule is Cc1cc2cnn(C)c2cc1Nc1ncc2c(n1)N(C1CCCC1)C(=O)C(C)(C)O2. The van der Waals surface area contributed by atoms with Crippen LogP contribution in [-0.4, -0.2) is 37.3 Å². The van der Waals surface area contributed by atoms with E-state index < -0.39 is 5.60 Å². The number of fused-ring (bicyclic) bond motifs is 2. The van der Waals surface area contributed by atoms with Gasteiger partial charge < -0.3 is 10.1 Å². The van der Waals surface area contributed by atoms with Crippen LogP contribution in [0.25, 0.3) is 10.9 Å². The molecule has 1 saturated carbocycles. The van der Waals surface area contributed by atoms with Gasteiger partial charge in [-0.15, -0.1) is 0 Å².